The van der Waals surface area contributed by atoms with Crippen molar-refractivity contribution in [3.63, 3.8) is 0 Å². The van der Waals surface area contributed by atoms with E-state index in [0.29, 0.717) is 11.3 Å². The number of carbonyl (C=O) groups excluding carboxylic acids is 1. The number of benzene rings is 1. The van der Waals surface area contributed by atoms with Gasteiger partial charge >= 0.3 is 0 Å². The molecule has 0 aliphatic rings. The number of hydrogen-bond acceptors (Lipinski definition) is 4. The van der Waals surface area contributed by atoms with Crippen LogP contribution in [-0.4, -0.2) is 30.1 Å². The molecule has 0 aliphatic heterocycles. The quantitative estimate of drug-likeness (QED) is 0.497. The molecule has 0 bridgehead atoms. The maximum atomic E-state index is 12.7. The third kappa shape index (κ3) is 3.00. The Kier molecular flexibility index (Phi) is 4.10. The van der Waals surface area contributed by atoms with E-state index < -0.39 is 0 Å². The molecule has 0 spiro atoms. The van der Waals surface area contributed by atoms with Crippen molar-refractivity contribution in [3.05, 3.63) is 77.9 Å². The predicted octanol–water partition coefficient (Wildman–Crippen LogP) is 4.15. The highest BCUT2D eigenvalue weighted by atomic mass is 16.1. The number of hydrogen-bond donors (Lipinski definition) is 1. The van der Waals surface area contributed by atoms with E-state index in [0.717, 1.165) is 39.2 Å². The lowest BCUT2D eigenvalue weighted by molar-refractivity contribution is 0.102. The smallest absolute Gasteiger partial charge is 0.257 e. The number of carbonyl (C=O) groups is 1. The highest BCUT2D eigenvalue weighted by Crippen LogP contribution is 2.23. The first-order valence-electron chi connectivity index (χ1n) is 9.65. The molecule has 0 unspecified atom stereocenters. The molecule has 7 heteroatoms. The zero-order valence-corrected chi connectivity index (χ0v) is 16.9. The number of imidazole rings is 1. The lowest BCUT2D eigenvalue weighted by Crippen LogP contribution is -2.12. The van der Waals surface area contributed by atoms with E-state index in [4.69, 9.17) is 4.98 Å². The minimum absolute atomic E-state index is 0.205. The van der Waals surface area contributed by atoms with Gasteiger partial charge in [0, 0.05) is 42.3 Å². The summed E-state index contributed by atoms with van der Waals surface area (Å²) < 4.78 is 3.73. The first kappa shape index (κ1) is 18.1. The van der Waals surface area contributed by atoms with Crippen molar-refractivity contribution in [2.45, 2.75) is 13.8 Å². The van der Waals surface area contributed by atoms with E-state index in [9.17, 15) is 4.79 Å². The maximum Gasteiger partial charge on any atom is 0.257 e. The molecule has 0 atom stereocenters. The van der Waals surface area contributed by atoms with Crippen molar-refractivity contribution in [2.24, 2.45) is 7.05 Å². The van der Waals surface area contributed by atoms with Crippen LogP contribution in [0.4, 0.5) is 5.69 Å². The highest BCUT2D eigenvalue weighted by Gasteiger charge is 2.12. The van der Waals surface area contributed by atoms with E-state index in [1.165, 1.54) is 0 Å². The molecule has 1 N–H and O–H groups in total. The molecule has 4 aromatic heterocycles. The van der Waals surface area contributed by atoms with Gasteiger partial charge in [0.05, 0.1) is 17.0 Å². The van der Waals surface area contributed by atoms with Crippen LogP contribution in [-0.2, 0) is 7.05 Å². The van der Waals surface area contributed by atoms with Crippen molar-refractivity contribution in [2.75, 3.05) is 5.32 Å². The number of pyridine rings is 2. The number of amides is 1. The summed E-state index contributed by atoms with van der Waals surface area (Å²) in [6.45, 7) is 3.95. The molecule has 1 amide bonds. The molecular weight excluding hydrogens is 376 g/mol. The summed E-state index contributed by atoms with van der Waals surface area (Å²) in [6.07, 6.45) is 5.57. The number of nitrogens with zero attached hydrogens (tertiary/aromatic N) is 5. The largest absolute Gasteiger partial charge is 0.322 e. The predicted molar refractivity (Wildman–Crippen MR) is 117 cm³/mol. The first-order chi connectivity index (χ1) is 14.5. The Bertz CT molecular complexity index is 1410. The number of rotatable bonds is 3. The molecule has 0 fully saturated rings. The third-order valence-corrected chi connectivity index (χ3v) is 5.24. The van der Waals surface area contributed by atoms with Crippen LogP contribution in [0.5, 0.6) is 0 Å². The van der Waals surface area contributed by atoms with Gasteiger partial charge in [0.2, 0.25) is 0 Å². The van der Waals surface area contributed by atoms with Crippen molar-refractivity contribution >= 4 is 28.3 Å². The Morgan fingerprint density at radius 1 is 1.07 bits per heavy atom. The zero-order valence-electron chi connectivity index (χ0n) is 16.9. The Hall–Kier alpha value is -4.00. The molecule has 30 heavy (non-hydrogen) atoms. The normalized spacial score (nSPS) is 11.3. The number of nitrogens with one attached hydrogen (secondary N) is 1. The number of aryl methyl sites for hydroxylation is 3. The fourth-order valence-corrected chi connectivity index (χ4v) is 3.65. The Morgan fingerprint density at radius 3 is 2.63 bits per heavy atom. The van der Waals surface area contributed by atoms with Gasteiger partial charge in [-0.25, -0.2) is 9.97 Å². The molecule has 1 aromatic carbocycles. The standard InChI is InChI=1S/C23H20N6O/c1-14-5-4-10-29-13-20(26-21(14)29)16-6-8-18(9-7-16)25-23(30)17-11-19-15(2)27-28(3)22(19)24-12-17/h4-13H,1-3H3,(H,25,30). The van der Waals surface area contributed by atoms with Gasteiger partial charge in [-0.2, -0.15) is 5.10 Å². The average molecular weight is 396 g/mol. The molecule has 7 nitrogen and oxygen atoms in total. The summed E-state index contributed by atoms with van der Waals surface area (Å²) in [5, 5.41) is 8.16. The van der Waals surface area contributed by atoms with Crippen LogP contribution < -0.4 is 5.32 Å². The third-order valence-electron chi connectivity index (χ3n) is 5.24. The van der Waals surface area contributed by atoms with Gasteiger partial charge in [-0.1, -0.05) is 18.2 Å². The summed E-state index contributed by atoms with van der Waals surface area (Å²) in [5.41, 5.74) is 6.78. The van der Waals surface area contributed by atoms with Gasteiger partial charge in [0.15, 0.2) is 5.65 Å². The lowest BCUT2D eigenvalue weighted by Gasteiger charge is -2.06. The van der Waals surface area contributed by atoms with E-state index in [1.54, 1.807) is 10.9 Å². The summed E-state index contributed by atoms with van der Waals surface area (Å²) in [7, 11) is 1.84. The van der Waals surface area contributed by atoms with Crippen LogP contribution in [0.1, 0.15) is 21.6 Å². The van der Waals surface area contributed by atoms with Gasteiger partial charge < -0.3 is 9.72 Å². The number of aromatic nitrogens is 5. The topological polar surface area (TPSA) is 77.1 Å². The Labute approximate surface area is 173 Å². The molecule has 5 rings (SSSR count). The van der Waals surface area contributed by atoms with Crippen LogP contribution in [0.2, 0.25) is 0 Å². The van der Waals surface area contributed by atoms with Gasteiger partial charge in [-0.05, 0) is 43.7 Å². The highest BCUT2D eigenvalue weighted by molar-refractivity contribution is 6.05. The fourth-order valence-electron chi connectivity index (χ4n) is 3.65. The molecule has 0 saturated heterocycles. The van der Waals surface area contributed by atoms with E-state index in [-0.39, 0.29) is 5.91 Å². The van der Waals surface area contributed by atoms with Crippen LogP contribution in [0.15, 0.2) is 61.1 Å². The average Bonchev–Trinajstić information content (AvgIpc) is 3.30. The number of anilines is 1. The second kappa shape index (κ2) is 6.81. The van der Waals surface area contributed by atoms with Gasteiger partial charge in [0.25, 0.3) is 5.91 Å². The maximum absolute atomic E-state index is 12.7. The van der Waals surface area contributed by atoms with Gasteiger partial charge in [0.1, 0.15) is 5.65 Å². The van der Waals surface area contributed by atoms with Crippen LogP contribution in [0.25, 0.3) is 27.9 Å². The molecule has 4 heterocycles. The Balaban J connectivity index is 1.38. The van der Waals surface area contributed by atoms with E-state index in [2.05, 4.69) is 15.4 Å². The monoisotopic (exact) mass is 396 g/mol. The molecule has 0 aliphatic carbocycles. The Morgan fingerprint density at radius 2 is 1.87 bits per heavy atom. The summed E-state index contributed by atoms with van der Waals surface area (Å²) in [5.74, 6) is -0.205. The SMILES string of the molecule is Cc1nn(C)c2ncc(C(=O)Nc3ccc(-c4cn5cccc(C)c5n4)cc3)cc12. The minimum Gasteiger partial charge on any atom is -0.322 e. The summed E-state index contributed by atoms with van der Waals surface area (Å²) in [6, 6.07) is 13.6. The van der Waals surface area contributed by atoms with Gasteiger partial charge in [-0.15, -0.1) is 0 Å². The van der Waals surface area contributed by atoms with E-state index >= 15 is 0 Å². The van der Waals surface area contributed by atoms with Crippen LogP contribution >= 0.6 is 0 Å². The van der Waals surface area contributed by atoms with Crippen LogP contribution in [0, 0.1) is 13.8 Å². The second-order valence-corrected chi connectivity index (χ2v) is 7.38. The van der Waals surface area contributed by atoms with Crippen molar-refractivity contribution in [3.8, 4) is 11.3 Å². The molecule has 148 valence electrons. The molecule has 0 radical (unpaired) electrons. The second-order valence-electron chi connectivity index (χ2n) is 7.38. The fraction of sp³-hybridized carbons (Fsp3) is 0.130. The lowest BCUT2D eigenvalue weighted by atomic mass is 10.1. The molecular formula is C23H20N6O. The zero-order chi connectivity index (χ0) is 20.8. The summed E-state index contributed by atoms with van der Waals surface area (Å²) in [4.78, 5) is 21.8. The van der Waals surface area contributed by atoms with Crippen LogP contribution in [0.3, 0.4) is 0 Å². The van der Waals surface area contributed by atoms with Crippen molar-refractivity contribution < 1.29 is 4.79 Å². The van der Waals surface area contributed by atoms with Crippen molar-refractivity contribution in [1.82, 2.24) is 24.1 Å². The first-order valence-corrected chi connectivity index (χ1v) is 9.65. The molecule has 0 saturated carbocycles. The van der Waals surface area contributed by atoms with E-state index in [1.807, 2.05) is 80.2 Å². The minimum atomic E-state index is -0.205. The number of fused-ring (bicyclic) bond motifs is 2. The van der Waals surface area contributed by atoms with Gasteiger partial charge in [-0.3, -0.25) is 9.48 Å². The summed E-state index contributed by atoms with van der Waals surface area (Å²) >= 11 is 0. The van der Waals surface area contributed by atoms with Crippen molar-refractivity contribution in [1.29, 1.82) is 0 Å². The molecule has 5 aromatic rings.